The Morgan fingerprint density at radius 1 is 1.17 bits per heavy atom. The average molecular weight is 428 g/mol. The number of amidine groups is 1. The molecule has 7 nitrogen and oxygen atoms in total. The largest absolute Gasteiger partial charge is 0.497 e. The van der Waals surface area contributed by atoms with E-state index in [2.05, 4.69) is 10.3 Å². The van der Waals surface area contributed by atoms with E-state index in [1.54, 1.807) is 12.0 Å². The summed E-state index contributed by atoms with van der Waals surface area (Å²) in [5.74, 6) is 0.491. The van der Waals surface area contributed by atoms with Crippen molar-refractivity contribution >= 4 is 40.1 Å². The maximum atomic E-state index is 13.0. The third kappa shape index (κ3) is 5.84. The van der Waals surface area contributed by atoms with Gasteiger partial charge in [-0.25, -0.2) is 4.99 Å². The molecule has 0 aromatic heterocycles. The third-order valence-corrected chi connectivity index (χ3v) is 5.76. The molecule has 1 aliphatic heterocycles. The highest BCUT2D eigenvalue weighted by Gasteiger charge is 2.39. The Morgan fingerprint density at radius 3 is 2.50 bits per heavy atom. The van der Waals surface area contributed by atoms with Gasteiger partial charge in [0.2, 0.25) is 11.8 Å². The number of ether oxygens (including phenoxy) is 1. The Bertz CT molecular complexity index is 900. The van der Waals surface area contributed by atoms with Crippen LogP contribution in [0.5, 0.6) is 5.75 Å². The summed E-state index contributed by atoms with van der Waals surface area (Å²) in [4.78, 5) is 33.1. The molecule has 1 fully saturated rings. The van der Waals surface area contributed by atoms with Gasteiger partial charge in [0.25, 0.3) is 0 Å². The van der Waals surface area contributed by atoms with E-state index in [0.717, 1.165) is 23.7 Å². The van der Waals surface area contributed by atoms with Gasteiger partial charge in [-0.2, -0.15) is 0 Å². The van der Waals surface area contributed by atoms with Crippen molar-refractivity contribution in [3.8, 4) is 5.75 Å². The number of quaternary nitrogens is 1. The normalized spacial score (nSPS) is 17.6. The monoisotopic (exact) mass is 427 g/mol. The Kier molecular flexibility index (Phi) is 7.48. The fourth-order valence-corrected chi connectivity index (χ4v) is 4.12. The molecular formula is C22H27N4O3S+. The van der Waals surface area contributed by atoms with Gasteiger partial charge in [-0.05, 0) is 36.4 Å². The lowest BCUT2D eigenvalue weighted by Gasteiger charge is -2.17. The smallest absolute Gasteiger partial charge is 0.242 e. The first-order valence-corrected chi connectivity index (χ1v) is 10.7. The van der Waals surface area contributed by atoms with E-state index in [-0.39, 0.29) is 18.2 Å². The first-order chi connectivity index (χ1) is 14.5. The van der Waals surface area contributed by atoms with Crippen LogP contribution in [0, 0.1) is 0 Å². The number of para-hydroxylation sites is 1. The van der Waals surface area contributed by atoms with Crippen LogP contribution in [0.4, 0.5) is 11.4 Å². The minimum Gasteiger partial charge on any atom is -0.497 e. The summed E-state index contributed by atoms with van der Waals surface area (Å²) in [6.45, 7) is 1.34. The molecule has 2 N–H and O–H groups in total. The molecule has 8 heteroatoms. The number of thioether (sulfide) groups is 1. The molecule has 1 aliphatic rings. The number of aliphatic imine (C=N–C) groups is 1. The molecule has 0 saturated carbocycles. The molecule has 0 spiro atoms. The zero-order valence-corrected chi connectivity index (χ0v) is 18.2. The summed E-state index contributed by atoms with van der Waals surface area (Å²) in [6.07, 6.45) is 0.103. The van der Waals surface area contributed by atoms with E-state index in [0.29, 0.717) is 11.7 Å². The van der Waals surface area contributed by atoms with E-state index in [1.807, 2.05) is 68.7 Å². The molecule has 30 heavy (non-hydrogen) atoms. The van der Waals surface area contributed by atoms with Crippen LogP contribution in [0.15, 0.2) is 59.6 Å². The highest BCUT2D eigenvalue weighted by atomic mass is 32.2. The summed E-state index contributed by atoms with van der Waals surface area (Å²) in [6, 6.07) is 16.6. The van der Waals surface area contributed by atoms with Gasteiger partial charge in [0.1, 0.15) is 11.0 Å². The fraction of sp³-hybridized carbons (Fsp3) is 0.318. The van der Waals surface area contributed by atoms with E-state index >= 15 is 0 Å². The maximum absolute atomic E-state index is 13.0. The number of benzene rings is 2. The number of nitrogens with one attached hydrogen (secondary N) is 2. The summed E-state index contributed by atoms with van der Waals surface area (Å²) in [5.41, 5.74) is 1.46. The molecule has 1 heterocycles. The second kappa shape index (κ2) is 10.3. The number of anilines is 1. The van der Waals surface area contributed by atoms with Crippen molar-refractivity contribution in [2.75, 3.05) is 39.6 Å². The van der Waals surface area contributed by atoms with Crippen LogP contribution in [0.25, 0.3) is 0 Å². The molecule has 2 aromatic rings. The molecule has 0 aliphatic carbocycles. The molecule has 1 saturated heterocycles. The summed E-state index contributed by atoms with van der Waals surface area (Å²) >= 11 is 1.35. The van der Waals surface area contributed by atoms with Crippen LogP contribution in [-0.2, 0) is 9.59 Å². The SMILES string of the molecule is COc1ccc(N=C2S[C@H](CC(=O)Nc3ccccc3)C(=O)N2CC[NH+](C)C)cc1. The highest BCUT2D eigenvalue weighted by molar-refractivity contribution is 8.15. The lowest BCUT2D eigenvalue weighted by molar-refractivity contribution is -0.857. The number of hydrogen-bond acceptors (Lipinski definition) is 5. The van der Waals surface area contributed by atoms with Crippen molar-refractivity contribution in [1.82, 2.24) is 4.90 Å². The van der Waals surface area contributed by atoms with Crippen LogP contribution in [0.2, 0.25) is 0 Å². The average Bonchev–Trinajstić information content (AvgIpc) is 3.01. The van der Waals surface area contributed by atoms with Crippen LogP contribution in [-0.4, -0.2) is 61.4 Å². The Hall–Kier alpha value is -2.84. The zero-order valence-electron chi connectivity index (χ0n) is 17.4. The minimum atomic E-state index is -0.483. The fourth-order valence-electron chi connectivity index (χ4n) is 2.94. The molecule has 158 valence electrons. The first-order valence-electron chi connectivity index (χ1n) is 9.81. The standard InChI is InChI=1S/C22H26N4O3S/c1-25(2)13-14-26-21(28)19(15-20(27)23-16-7-5-4-6-8-16)30-22(26)24-17-9-11-18(29-3)12-10-17/h4-12,19H,13-15H2,1-3H3,(H,23,27)/p+1/t19-/m1/s1. The number of hydrogen-bond donors (Lipinski definition) is 2. The summed E-state index contributed by atoms with van der Waals surface area (Å²) in [7, 11) is 5.69. The number of likely N-dealkylation sites (N-methyl/N-ethyl adjacent to an activating group) is 1. The Balaban J connectivity index is 1.74. The predicted molar refractivity (Wildman–Crippen MR) is 121 cm³/mol. The maximum Gasteiger partial charge on any atom is 0.242 e. The van der Waals surface area contributed by atoms with E-state index in [9.17, 15) is 9.59 Å². The molecule has 0 bridgehead atoms. The van der Waals surface area contributed by atoms with Crippen LogP contribution in [0.3, 0.4) is 0 Å². The van der Waals surface area contributed by atoms with Gasteiger partial charge in [0.05, 0.1) is 40.0 Å². The summed E-state index contributed by atoms with van der Waals surface area (Å²) in [5, 5.41) is 3.00. The van der Waals surface area contributed by atoms with Gasteiger partial charge >= 0.3 is 0 Å². The first kappa shape index (κ1) is 21.9. The second-order valence-electron chi connectivity index (χ2n) is 7.26. The van der Waals surface area contributed by atoms with Gasteiger partial charge in [0.15, 0.2) is 5.17 Å². The summed E-state index contributed by atoms with van der Waals surface area (Å²) < 4.78 is 5.19. The molecule has 2 amide bonds. The second-order valence-corrected chi connectivity index (χ2v) is 8.43. The Morgan fingerprint density at radius 2 is 1.87 bits per heavy atom. The van der Waals surface area contributed by atoms with Crippen molar-refractivity contribution in [1.29, 1.82) is 0 Å². The number of rotatable bonds is 8. The molecule has 3 rings (SSSR count). The topological polar surface area (TPSA) is 75.4 Å². The molecule has 1 atom stereocenters. The van der Waals surface area contributed by atoms with Crippen molar-refractivity contribution in [2.45, 2.75) is 11.7 Å². The quantitative estimate of drug-likeness (QED) is 0.674. The third-order valence-electron chi connectivity index (χ3n) is 4.58. The molecule has 0 radical (unpaired) electrons. The van der Waals surface area contributed by atoms with E-state index in [4.69, 9.17) is 4.74 Å². The zero-order chi connectivity index (χ0) is 21.5. The van der Waals surface area contributed by atoms with Gasteiger partial charge in [-0.3, -0.25) is 14.5 Å². The van der Waals surface area contributed by atoms with Crippen LogP contribution < -0.4 is 15.0 Å². The van der Waals surface area contributed by atoms with Crippen molar-refractivity contribution < 1.29 is 19.2 Å². The van der Waals surface area contributed by atoms with Crippen molar-refractivity contribution in [3.05, 3.63) is 54.6 Å². The minimum absolute atomic E-state index is 0.0725. The van der Waals surface area contributed by atoms with E-state index < -0.39 is 5.25 Å². The van der Waals surface area contributed by atoms with Crippen LogP contribution in [0.1, 0.15) is 6.42 Å². The number of nitrogens with zero attached hydrogens (tertiary/aromatic N) is 2. The van der Waals surface area contributed by atoms with Gasteiger partial charge in [-0.1, -0.05) is 30.0 Å². The van der Waals surface area contributed by atoms with Crippen molar-refractivity contribution in [2.24, 2.45) is 4.99 Å². The Labute approximate surface area is 181 Å². The number of carbonyl (C=O) groups excluding carboxylic acids is 2. The van der Waals surface area contributed by atoms with Crippen molar-refractivity contribution in [3.63, 3.8) is 0 Å². The number of methoxy groups -OCH3 is 1. The number of carbonyl (C=O) groups is 2. The number of amides is 2. The molecular weight excluding hydrogens is 400 g/mol. The van der Waals surface area contributed by atoms with Gasteiger partial charge < -0.3 is 15.0 Å². The highest BCUT2D eigenvalue weighted by Crippen LogP contribution is 2.32. The predicted octanol–water partition coefficient (Wildman–Crippen LogP) is 1.80. The van der Waals surface area contributed by atoms with E-state index in [1.165, 1.54) is 16.7 Å². The molecule has 2 aromatic carbocycles. The lowest BCUT2D eigenvalue weighted by atomic mass is 10.2. The lowest BCUT2D eigenvalue weighted by Crippen LogP contribution is -3.06. The van der Waals surface area contributed by atoms with Gasteiger partial charge in [-0.15, -0.1) is 0 Å². The van der Waals surface area contributed by atoms with Gasteiger partial charge in [0, 0.05) is 12.1 Å². The molecule has 0 unspecified atom stereocenters. The van der Waals surface area contributed by atoms with Crippen LogP contribution >= 0.6 is 11.8 Å².